The SMILES string of the molecule is CC(C)N(C)CCNC1CCCc2sc(Br)cc21. The molecule has 1 unspecified atom stereocenters. The predicted molar refractivity (Wildman–Crippen MR) is 83.5 cm³/mol. The summed E-state index contributed by atoms with van der Waals surface area (Å²) in [7, 11) is 2.19. The Kier molecular flexibility index (Phi) is 5.24. The molecule has 0 bridgehead atoms. The third-order valence-corrected chi connectivity index (χ3v) is 5.53. The molecule has 1 aromatic rings. The van der Waals surface area contributed by atoms with Crippen molar-refractivity contribution >= 4 is 27.3 Å². The van der Waals surface area contributed by atoms with Gasteiger partial charge in [-0.15, -0.1) is 11.3 Å². The van der Waals surface area contributed by atoms with Gasteiger partial charge in [0.1, 0.15) is 0 Å². The van der Waals surface area contributed by atoms with Gasteiger partial charge in [0.05, 0.1) is 3.79 Å². The second-order valence-corrected chi connectivity index (χ2v) is 7.92. The molecule has 0 fully saturated rings. The highest BCUT2D eigenvalue weighted by atomic mass is 79.9. The van der Waals surface area contributed by atoms with E-state index < -0.39 is 0 Å². The Morgan fingerprint density at radius 2 is 2.33 bits per heavy atom. The van der Waals surface area contributed by atoms with Crippen molar-refractivity contribution in [1.82, 2.24) is 10.2 Å². The first-order chi connectivity index (χ1) is 8.58. The van der Waals surface area contributed by atoms with Gasteiger partial charge < -0.3 is 10.2 Å². The van der Waals surface area contributed by atoms with Crippen molar-refractivity contribution in [2.24, 2.45) is 0 Å². The van der Waals surface area contributed by atoms with Crippen LogP contribution in [0, 0.1) is 0 Å². The molecule has 1 aromatic heterocycles. The van der Waals surface area contributed by atoms with Gasteiger partial charge in [-0.25, -0.2) is 0 Å². The summed E-state index contributed by atoms with van der Waals surface area (Å²) in [6, 6.07) is 3.50. The average Bonchev–Trinajstić information content (AvgIpc) is 2.70. The maximum atomic E-state index is 3.72. The van der Waals surface area contributed by atoms with E-state index in [0.29, 0.717) is 12.1 Å². The van der Waals surface area contributed by atoms with Crippen LogP contribution in [-0.2, 0) is 6.42 Å². The Morgan fingerprint density at radius 1 is 1.56 bits per heavy atom. The summed E-state index contributed by atoms with van der Waals surface area (Å²) in [5.41, 5.74) is 1.53. The Hall–Kier alpha value is 0.100. The Balaban J connectivity index is 1.87. The molecular formula is C14H23BrN2S. The van der Waals surface area contributed by atoms with Crippen molar-refractivity contribution in [3.05, 3.63) is 20.3 Å². The van der Waals surface area contributed by atoms with Gasteiger partial charge in [-0.05, 0) is 67.7 Å². The fourth-order valence-electron chi connectivity index (χ4n) is 2.41. The largest absolute Gasteiger partial charge is 0.309 e. The predicted octanol–water partition coefficient (Wildman–Crippen LogP) is 3.82. The van der Waals surface area contributed by atoms with E-state index in [0.717, 1.165) is 13.1 Å². The fourth-order valence-corrected chi connectivity index (χ4v) is 4.23. The second kappa shape index (κ2) is 6.51. The lowest BCUT2D eigenvalue weighted by Gasteiger charge is -2.26. The van der Waals surface area contributed by atoms with E-state index in [1.807, 2.05) is 11.3 Å². The lowest BCUT2D eigenvalue weighted by atomic mass is 9.94. The molecule has 0 aliphatic heterocycles. The molecule has 1 aliphatic rings. The lowest BCUT2D eigenvalue weighted by molar-refractivity contribution is 0.267. The standard InChI is InChI=1S/C14H23BrN2S/c1-10(2)17(3)8-7-16-12-5-4-6-13-11(12)9-14(15)18-13/h9-10,12,16H,4-8H2,1-3H3. The summed E-state index contributed by atoms with van der Waals surface area (Å²) in [6.07, 6.45) is 3.86. The van der Waals surface area contributed by atoms with E-state index in [4.69, 9.17) is 0 Å². The van der Waals surface area contributed by atoms with E-state index >= 15 is 0 Å². The van der Waals surface area contributed by atoms with E-state index in [1.54, 1.807) is 4.88 Å². The van der Waals surface area contributed by atoms with Gasteiger partial charge >= 0.3 is 0 Å². The summed E-state index contributed by atoms with van der Waals surface area (Å²) >= 11 is 5.52. The molecule has 0 saturated heterocycles. The molecule has 0 aromatic carbocycles. The summed E-state index contributed by atoms with van der Waals surface area (Å²) in [6.45, 7) is 6.68. The molecule has 2 rings (SSSR count). The molecule has 0 spiro atoms. The van der Waals surface area contributed by atoms with E-state index in [-0.39, 0.29) is 0 Å². The highest BCUT2D eigenvalue weighted by Crippen LogP contribution is 2.37. The van der Waals surface area contributed by atoms with Gasteiger partial charge in [0, 0.05) is 30.1 Å². The number of rotatable bonds is 5. The minimum Gasteiger partial charge on any atom is -0.309 e. The van der Waals surface area contributed by atoms with Crippen LogP contribution in [0.5, 0.6) is 0 Å². The molecule has 0 radical (unpaired) electrons. The molecule has 102 valence electrons. The zero-order valence-electron chi connectivity index (χ0n) is 11.5. The van der Waals surface area contributed by atoms with Crippen molar-refractivity contribution in [3.63, 3.8) is 0 Å². The molecular weight excluding hydrogens is 308 g/mol. The number of fused-ring (bicyclic) bond motifs is 1. The van der Waals surface area contributed by atoms with Crippen LogP contribution in [-0.4, -0.2) is 31.1 Å². The summed E-state index contributed by atoms with van der Waals surface area (Å²) in [4.78, 5) is 3.96. The average molecular weight is 331 g/mol. The van der Waals surface area contributed by atoms with Crippen molar-refractivity contribution < 1.29 is 0 Å². The van der Waals surface area contributed by atoms with Crippen LogP contribution in [0.4, 0.5) is 0 Å². The molecule has 1 heterocycles. The molecule has 1 atom stereocenters. The van der Waals surface area contributed by atoms with Gasteiger partial charge in [-0.2, -0.15) is 0 Å². The molecule has 1 N–H and O–H groups in total. The highest BCUT2D eigenvalue weighted by molar-refractivity contribution is 9.11. The van der Waals surface area contributed by atoms with E-state index in [2.05, 4.69) is 53.1 Å². The van der Waals surface area contributed by atoms with Crippen molar-refractivity contribution in [2.45, 2.75) is 45.2 Å². The van der Waals surface area contributed by atoms with Gasteiger partial charge in [0.25, 0.3) is 0 Å². The fraction of sp³-hybridized carbons (Fsp3) is 0.714. The van der Waals surface area contributed by atoms with Crippen LogP contribution in [0.2, 0.25) is 0 Å². The van der Waals surface area contributed by atoms with Crippen LogP contribution in [0.15, 0.2) is 9.85 Å². The van der Waals surface area contributed by atoms with Gasteiger partial charge in [0.15, 0.2) is 0 Å². The molecule has 0 saturated carbocycles. The van der Waals surface area contributed by atoms with Gasteiger partial charge in [0.2, 0.25) is 0 Å². The normalized spacial score (nSPS) is 19.6. The second-order valence-electron chi connectivity index (χ2n) is 5.40. The van der Waals surface area contributed by atoms with Crippen molar-refractivity contribution in [2.75, 3.05) is 20.1 Å². The number of likely N-dealkylation sites (N-methyl/N-ethyl adjacent to an activating group) is 1. The molecule has 4 heteroatoms. The number of aryl methyl sites for hydroxylation is 1. The molecule has 18 heavy (non-hydrogen) atoms. The number of nitrogens with one attached hydrogen (secondary N) is 1. The first-order valence-corrected chi connectivity index (χ1v) is 8.40. The molecule has 1 aliphatic carbocycles. The summed E-state index contributed by atoms with van der Waals surface area (Å²) in [5.74, 6) is 0. The zero-order valence-corrected chi connectivity index (χ0v) is 13.9. The van der Waals surface area contributed by atoms with Crippen LogP contribution >= 0.6 is 27.3 Å². The quantitative estimate of drug-likeness (QED) is 0.882. The minimum absolute atomic E-state index is 0.567. The van der Waals surface area contributed by atoms with Crippen molar-refractivity contribution in [1.29, 1.82) is 0 Å². The minimum atomic E-state index is 0.567. The number of halogens is 1. The topological polar surface area (TPSA) is 15.3 Å². The lowest BCUT2D eigenvalue weighted by Crippen LogP contribution is -2.35. The smallest absolute Gasteiger partial charge is 0.0704 e. The highest BCUT2D eigenvalue weighted by Gasteiger charge is 2.22. The van der Waals surface area contributed by atoms with Gasteiger partial charge in [-0.1, -0.05) is 0 Å². The first-order valence-electron chi connectivity index (χ1n) is 6.79. The van der Waals surface area contributed by atoms with E-state index in [9.17, 15) is 0 Å². The third-order valence-electron chi connectivity index (χ3n) is 3.82. The zero-order chi connectivity index (χ0) is 13.1. The number of hydrogen-bond acceptors (Lipinski definition) is 3. The Labute approximate surface area is 123 Å². The van der Waals surface area contributed by atoms with Crippen LogP contribution < -0.4 is 5.32 Å². The van der Waals surface area contributed by atoms with Crippen molar-refractivity contribution in [3.8, 4) is 0 Å². The number of hydrogen-bond donors (Lipinski definition) is 1. The number of thiophene rings is 1. The maximum absolute atomic E-state index is 3.72. The van der Waals surface area contributed by atoms with Crippen LogP contribution in [0.25, 0.3) is 0 Å². The van der Waals surface area contributed by atoms with Crippen LogP contribution in [0.3, 0.4) is 0 Å². The molecule has 2 nitrogen and oxygen atoms in total. The first kappa shape index (κ1) is 14.5. The monoisotopic (exact) mass is 330 g/mol. The third kappa shape index (κ3) is 3.56. The molecule has 0 amide bonds. The van der Waals surface area contributed by atoms with E-state index in [1.165, 1.54) is 28.6 Å². The summed E-state index contributed by atoms with van der Waals surface area (Å²) < 4.78 is 1.28. The Morgan fingerprint density at radius 3 is 3.06 bits per heavy atom. The van der Waals surface area contributed by atoms with Crippen LogP contribution in [0.1, 0.15) is 43.2 Å². The number of nitrogens with zero attached hydrogens (tertiary/aromatic N) is 1. The Bertz CT molecular complexity index is 389. The van der Waals surface area contributed by atoms with Gasteiger partial charge in [-0.3, -0.25) is 0 Å². The summed E-state index contributed by atoms with van der Waals surface area (Å²) in [5, 5.41) is 3.72. The maximum Gasteiger partial charge on any atom is 0.0704 e.